The Kier molecular flexibility index (Phi) is 5.17. The van der Waals surface area contributed by atoms with Crippen molar-refractivity contribution in [3.63, 3.8) is 0 Å². The van der Waals surface area contributed by atoms with E-state index in [9.17, 15) is 5.11 Å². The molecule has 0 aliphatic carbocycles. The molecule has 0 fully saturated rings. The zero-order valence-corrected chi connectivity index (χ0v) is 11.9. The number of hydrogen-bond acceptors (Lipinski definition) is 3. The molecule has 0 heterocycles. The van der Waals surface area contributed by atoms with Gasteiger partial charge in [0, 0.05) is 11.6 Å². The maximum absolute atomic E-state index is 10.2. The van der Waals surface area contributed by atoms with E-state index >= 15 is 0 Å². The van der Waals surface area contributed by atoms with Gasteiger partial charge in [0.1, 0.15) is 12.4 Å². The molecule has 0 spiro atoms. The second-order valence-electron chi connectivity index (χ2n) is 5.05. The summed E-state index contributed by atoms with van der Waals surface area (Å²) in [5.74, 6) is 0.774. The fourth-order valence-electron chi connectivity index (χ4n) is 1.82. The van der Waals surface area contributed by atoms with E-state index in [1.165, 1.54) is 0 Å². The number of aryl methyl sites for hydroxylation is 1. The van der Waals surface area contributed by atoms with Gasteiger partial charge in [0.25, 0.3) is 0 Å². The first kappa shape index (κ1) is 15.0. The zero-order chi connectivity index (χ0) is 13.8. The van der Waals surface area contributed by atoms with Gasteiger partial charge in [-0.2, -0.15) is 0 Å². The highest BCUT2D eigenvalue weighted by Crippen LogP contribution is 2.26. The molecule has 18 heavy (non-hydrogen) atoms. The van der Waals surface area contributed by atoms with E-state index in [-0.39, 0.29) is 6.04 Å². The van der Waals surface area contributed by atoms with E-state index in [1.54, 1.807) is 0 Å². The van der Waals surface area contributed by atoms with E-state index in [4.69, 9.17) is 10.5 Å². The van der Waals surface area contributed by atoms with E-state index < -0.39 is 5.60 Å². The molecule has 0 aliphatic rings. The first-order chi connectivity index (χ1) is 8.41. The zero-order valence-electron chi connectivity index (χ0n) is 11.9. The van der Waals surface area contributed by atoms with Crippen LogP contribution < -0.4 is 10.5 Å². The lowest BCUT2D eigenvalue weighted by Gasteiger charge is -2.26. The van der Waals surface area contributed by atoms with Crippen molar-refractivity contribution in [1.29, 1.82) is 0 Å². The highest BCUT2D eigenvalue weighted by Gasteiger charge is 2.23. The molecular formula is C15H25NO2. The maximum atomic E-state index is 10.2. The number of rotatable bonds is 6. The van der Waals surface area contributed by atoms with Gasteiger partial charge < -0.3 is 15.6 Å². The van der Waals surface area contributed by atoms with Crippen molar-refractivity contribution in [2.45, 2.75) is 52.2 Å². The number of hydrogen-bond donors (Lipinski definition) is 2. The quantitative estimate of drug-likeness (QED) is 0.817. The molecule has 0 radical (unpaired) electrons. The Labute approximate surface area is 110 Å². The lowest BCUT2D eigenvalue weighted by Crippen LogP contribution is -2.34. The van der Waals surface area contributed by atoms with Crippen molar-refractivity contribution in [3.05, 3.63) is 29.3 Å². The van der Waals surface area contributed by atoms with Crippen molar-refractivity contribution in [1.82, 2.24) is 0 Å². The van der Waals surface area contributed by atoms with Crippen molar-refractivity contribution in [2.24, 2.45) is 5.73 Å². The van der Waals surface area contributed by atoms with Crippen LogP contribution in [0, 0.1) is 6.92 Å². The molecule has 1 unspecified atom stereocenters. The molecule has 0 bridgehead atoms. The van der Waals surface area contributed by atoms with Crippen LogP contribution in [0.1, 0.15) is 50.8 Å². The van der Waals surface area contributed by atoms with Crippen LogP contribution in [0.3, 0.4) is 0 Å². The fraction of sp³-hybridized carbons (Fsp3) is 0.600. The van der Waals surface area contributed by atoms with Crippen LogP contribution in [0.2, 0.25) is 0 Å². The summed E-state index contributed by atoms with van der Waals surface area (Å²) in [6.45, 7) is 8.21. The topological polar surface area (TPSA) is 55.5 Å². The van der Waals surface area contributed by atoms with E-state index in [1.807, 2.05) is 45.9 Å². The molecule has 1 aromatic carbocycles. The summed E-state index contributed by atoms with van der Waals surface area (Å²) in [5, 5.41) is 10.2. The monoisotopic (exact) mass is 251 g/mol. The number of nitrogens with two attached hydrogens (primary N) is 1. The van der Waals surface area contributed by atoms with E-state index in [0.717, 1.165) is 16.9 Å². The summed E-state index contributed by atoms with van der Waals surface area (Å²) in [6.07, 6.45) is 1.37. The lowest BCUT2D eigenvalue weighted by molar-refractivity contribution is -0.0116. The molecule has 3 N–H and O–H groups in total. The van der Waals surface area contributed by atoms with Gasteiger partial charge in [-0.05, 0) is 32.8 Å². The standard InChI is InChI=1S/C15H25NO2/c1-5-15(17,6-2)10-18-14-8-7-11(3)9-13(14)12(4)16/h7-9,12,17H,5-6,10,16H2,1-4H3. The van der Waals surface area contributed by atoms with Gasteiger partial charge in [-0.3, -0.25) is 0 Å². The Hall–Kier alpha value is -1.06. The minimum absolute atomic E-state index is 0.0729. The molecule has 0 aromatic heterocycles. The van der Waals surface area contributed by atoms with Crippen LogP contribution in [0.15, 0.2) is 18.2 Å². The van der Waals surface area contributed by atoms with Crippen molar-refractivity contribution in [3.8, 4) is 5.75 Å². The number of aliphatic hydroxyl groups is 1. The lowest BCUT2D eigenvalue weighted by atomic mass is 9.99. The first-order valence-electron chi connectivity index (χ1n) is 6.63. The molecular weight excluding hydrogens is 226 g/mol. The molecule has 0 saturated carbocycles. The van der Waals surface area contributed by atoms with E-state index in [0.29, 0.717) is 19.4 Å². The molecule has 1 atom stereocenters. The third-order valence-corrected chi connectivity index (χ3v) is 3.47. The van der Waals surface area contributed by atoms with Crippen molar-refractivity contribution in [2.75, 3.05) is 6.61 Å². The van der Waals surface area contributed by atoms with Crippen LogP contribution in [0.25, 0.3) is 0 Å². The molecule has 0 aliphatic heterocycles. The van der Waals surface area contributed by atoms with Gasteiger partial charge in [-0.25, -0.2) is 0 Å². The Morgan fingerprint density at radius 3 is 2.44 bits per heavy atom. The van der Waals surface area contributed by atoms with Crippen LogP contribution in [-0.2, 0) is 0 Å². The molecule has 0 saturated heterocycles. The smallest absolute Gasteiger partial charge is 0.124 e. The third kappa shape index (κ3) is 3.72. The third-order valence-electron chi connectivity index (χ3n) is 3.47. The van der Waals surface area contributed by atoms with Gasteiger partial charge in [0.05, 0.1) is 5.60 Å². The minimum atomic E-state index is -0.750. The summed E-state index contributed by atoms with van der Waals surface area (Å²) < 4.78 is 5.77. The molecule has 0 amide bonds. The molecule has 102 valence electrons. The van der Waals surface area contributed by atoms with Crippen LogP contribution in [0.5, 0.6) is 5.75 Å². The average Bonchev–Trinajstić information content (AvgIpc) is 2.36. The minimum Gasteiger partial charge on any atom is -0.490 e. The van der Waals surface area contributed by atoms with E-state index in [2.05, 4.69) is 0 Å². The Balaban J connectivity index is 2.85. The average molecular weight is 251 g/mol. The van der Waals surface area contributed by atoms with Crippen LogP contribution in [0.4, 0.5) is 0 Å². The number of benzene rings is 1. The summed E-state index contributed by atoms with van der Waals surface area (Å²) >= 11 is 0. The highest BCUT2D eigenvalue weighted by molar-refractivity contribution is 5.38. The highest BCUT2D eigenvalue weighted by atomic mass is 16.5. The summed E-state index contributed by atoms with van der Waals surface area (Å²) in [4.78, 5) is 0. The SMILES string of the molecule is CCC(O)(CC)COc1ccc(C)cc1C(C)N. The fourth-order valence-corrected chi connectivity index (χ4v) is 1.82. The second-order valence-corrected chi connectivity index (χ2v) is 5.05. The largest absolute Gasteiger partial charge is 0.490 e. The van der Waals surface area contributed by atoms with Crippen molar-refractivity contribution < 1.29 is 9.84 Å². The molecule has 1 rings (SSSR count). The van der Waals surface area contributed by atoms with Crippen LogP contribution in [-0.4, -0.2) is 17.3 Å². The molecule has 1 aromatic rings. The molecule has 3 heteroatoms. The normalized spacial score (nSPS) is 13.4. The maximum Gasteiger partial charge on any atom is 0.124 e. The second kappa shape index (κ2) is 6.21. The summed E-state index contributed by atoms with van der Waals surface area (Å²) in [6, 6.07) is 5.89. The Morgan fingerprint density at radius 1 is 1.33 bits per heavy atom. The van der Waals surface area contributed by atoms with Crippen LogP contribution >= 0.6 is 0 Å². The summed E-state index contributed by atoms with van der Waals surface area (Å²) in [5.41, 5.74) is 7.35. The number of ether oxygens (including phenoxy) is 1. The van der Waals surface area contributed by atoms with Gasteiger partial charge in [0.2, 0.25) is 0 Å². The predicted molar refractivity (Wildman–Crippen MR) is 74.8 cm³/mol. The van der Waals surface area contributed by atoms with Gasteiger partial charge in [0.15, 0.2) is 0 Å². The summed E-state index contributed by atoms with van der Waals surface area (Å²) in [7, 11) is 0. The molecule has 3 nitrogen and oxygen atoms in total. The van der Waals surface area contributed by atoms with Gasteiger partial charge in [-0.1, -0.05) is 31.5 Å². The van der Waals surface area contributed by atoms with Crippen molar-refractivity contribution >= 4 is 0 Å². The first-order valence-corrected chi connectivity index (χ1v) is 6.63. The predicted octanol–water partition coefficient (Wildman–Crippen LogP) is 2.94. The van der Waals surface area contributed by atoms with Gasteiger partial charge in [-0.15, -0.1) is 0 Å². The Morgan fingerprint density at radius 2 is 1.94 bits per heavy atom. The Bertz CT molecular complexity index is 384. The van der Waals surface area contributed by atoms with Gasteiger partial charge >= 0.3 is 0 Å².